The Morgan fingerprint density at radius 2 is 1.95 bits per heavy atom. The molecule has 1 aromatic heterocycles. The molecule has 0 radical (unpaired) electrons. The van der Waals surface area contributed by atoms with Crippen molar-refractivity contribution in [2.45, 2.75) is 13.0 Å². The summed E-state index contributed by atoms with van der Waals surface area (Å²) in [7, 11) is 2.14. The third-order valence-electron chi connectivity index (χ3n) is 3.69. The maximum Gasteiger partial charge on any atom is 0.214 e. The molecule has 0 spiro atoms. The van der Waals surface area contributed by atoms with E-state index in [9.17, 15) is 0 Å². The van der Waals surface area contributed by atoms with Crippen molar-refractivity contribution < 1.29 is 4.74 Å². The highest BCUT2D eigenvalue weighted by molar-refractivity contribution is 5.63. The molecular formula is C18H20N2O. The molecule has 0 N–H and O–H groups in total. The van der Waals surface area contributed by atoms with Crippen molar-refractivity contribution in [2.24, 2.45) is 0 Å². The van der Waals surface area contributed by atoms with Crippen molar-refractivity contribution in [2.75, 3.05) is 20.1 Å². The smallest absolute Gasteiger partial charge is 0.214 e. The molecule has 2 heterocycles. The minimum absolute atomic E-state index is 0.555. The third-order valence-corrected chi connectivity index (χ3v) is 3.69. The van der Waals surface area contributed by atoms with Crippen LogP contribution in [0.15, 0.2) is 54.6 Å². The number of hydrogen-bond acceptors (Lipinski definition) is 3. The summed E-state index contributed by atoms with van der Waals surface area (Å²) in [5, 5.41) is 0. The highest BCUT2D eigenvalue weighted by Crippen LogP contribution is 2.22. The van der Waals surface area contributed by atoms with E-state index in [0.717, 1.165) is 30.8 Å². The van der Waals surface area contributed by atoms with Gasteiger partial charge in [-0.05, 0) is 30.7 Å². The lowest BCUT2D eigenvalue weighted by Gasteiger charge is -2.21. The summed E-state index contributed by atoms with van der Waals surface area (Å²) in [6.45, 7) is 2.63. The zero-order valence-corrected chi connectivity index (χ0v) is 12.3. The van der Waals surface area contributed by atoms with E-state index in [1.807, 2.05) is 30.3 Å². The largest absolute Gasteiger partial charge is 0.473 e. The van der Waals surface area contributed by atoms with Gasteiger partial charge in [0.1, 0.15) is 6.61 Å². The summed E-state index contributed by atoms with van der Waals surface area (Å²) in [5.74, 6) is 0.691. The van der Waals surface area contributed by atoms with Gasteiger partial charge in [0.25, 0.3) is 0 Å². The van der Waals surface area contributed by atoms with Gasteiger partial charge in [-0.25, -0.2) is 4.98 Å². The third kappa shape index (κ3) is 3.70. The van der Waals surface area contributed by atoms with Crippen LogP contribution >= 0.6 is 0 Å². The van der Waals surface area contributed by atoms with Crippen LogP contribution in [0.5, 0.6) is 5.88 Å². The van der Waals surface area contributed by atoms with E-state index in [1.54, 1.807) is 0 Å². The normalized spacial score (nSPS) is 15.6. The monoisotopic (exact) mass is 280 g/mol. The van der Waals surface area contributed by atoms with E-state index < -0.39 is 0 Å². The Kier molecular flexibility index (Phi) is 4.31. The molecular weight excluding hydrogens is 260 g/mol. The molecule has 0 amide bonds. The van der Waals surface area contributed by atoms with Crippen molar-refractivity contribution in [3.8, 4) is 5.88 Å². The van der Waals surface area contributed by atoms with Crippen LogP contribution in [0.4, 0.5) is 0 Å². The lowest BCUT2D eigenvalue weighted by atomic mass is 10.0. The minimum atomic E-state index is 0.555. The number of rotatable bonds is 4. The summed E-state index contributed by atoms with van der Waals surface area (Å²) in [6.07, 6.45) is 3.30. The van der Waals surface area contributed by atoms with Gasteiger partial charge in [0, 0.05) is 19.2 Å². The van der Waals surface area contributed by atoms with Gasteiger partial charge in [0.15, 0.2) is 0 Å². The predicted molar refractivity (Wildman–Crippen MR) is 85.1 cm³/mol. The fraction of sp³-hybridized carbons (Fsp3) is 0.278. The van der Waals surface area contributed by atoms with Crippen LogP contribution in [-0.4, -0.2) is 30.0 Å². The second-order valence-corrected chi connectivity index (χ2v) is 5.38. The fourth-order valence-electron chi connectivity index (χ4n) is 2.41. The molecule has 0 bridgehead atoms. The summed E-state index contributed by atoms with van der Waals surface area (Å²) >= 11 is 0. The van der Waals surface area contributed by atoms with Crippen molar-refractivity contribution in [1.82, 2.24) is 9.88 Å². The van der Waals surface area contributed by atoms with Crippen molar-refractivity contribution in [1.29, 1.82) is 0 Å². The van der Waals surface area contributed by atoms with Crippen LogP contribution in [0, 0.1) is 0 Å². The number of pyridine rings is 1. The zero-order valence-electron chi connectivity index (χ0n) is 12.3. The van der Waals surface area contributed by atoms with Crippen molar-refractivity contribution in [3.63, 3.8) is 0 Å². The number of hydrogen-bond donors (Lipinski definition) is 0. The topological polar surface area (TPSA) is 25.4 Å². The Morgan fingerprint density at radius 1 is 1.10 bits per heavy atom. The summed E-state index contributed by atoms with van der Waals surface area (Å²) in [6, 6.07) is 16.2. The standard InChI is InChI=1S/C18H20N2O/c1-20-12-10-16(11-13-20)17-8-5-9-18(19-17)21-14-15-6-3-2-4-7-15/h2-10H,11-14H2,1H3. The first-order chi connectivity index (χ1) is 10.3. The highest BCUT2D eigenvalue weighted by atomic mass is 16.5. The zero-order chi connectivity index (χ0) is 14.5. The first kappa shape index (κ1) is 13.8. The molecule has 0 fully saturated rings. The van der Waals surface area contributed by atoms with Crippen LogP contribution in [0.25, 0.3) is 5.57 Å². The Hall–Kier alpha value is -2.13. The quantitative estimate of drug-likeness (QED) is 0.858. The molecule has 1 aliphatic rings. The average Bonchev–Trinajstić information content (AvgIpc) is 2.55. The molecule has 0 aliphatic carbocycles. The van der Waals surface area contributed by atoms with E-state index in [0.29, 0.717) is 12.5 Å². The van der Waals surface area contributed by atoms with Crippen LogP contribution in [0.1, 0.15) is 17.7 Å². The molecule has 1 aromatic carbocycles. The van der Waals surface area contributed by atoms with Gasteiger partial charge in [0.2, 0.25) is 5.88 Å². The summed E-state index contributed by atoms with van der Waals surface area (Å²) in [5.41, 5.74) is 3.51. The number of likely N-dealkylation sites (N-methyl/N-ethyl adjacent to an activating group) is 1. The molecule has 2 aromatic rings. The molecule has 0 saturated heterocycles. The van der Waals surface area contributed by atoms with Crippen molar-refractivity contribution >= 4 is 5.57 Å². The molecule has 0 atom stereocenters. The molecule has 0 unspecified atom stereocenters. The molecule has 3 rings (SSSR count). The maximum atomic E-state index is 5.80. The van der Waals surface area contributed by atoms with Crippen LogP contribution in [0.2, 0.25) is 0 Å². The molecule has 3 heteroatoms. The second-order valence-electron chi connectivity index (χ2n) is 5.38. The molecule has 108 valence electrons. The Balaban J connectivity index is 1.69. The lowest BCUT2D eigenvalue weighted by molar-refractivity contribution is 0.293. The second kappa shape index (κ2) is 6.55. The Morgan fingerprint density at radius 3 is 2.71 bits per heavy atom. The van der Waals surface area contributed by atoms with E-state index in [-0.39, 0.29) is 0 Å². The molecule has 21 heavy (non-hydrogen) atoms. The van der Waals surface area contributed by atoms with Crippen molar-refractivity contribution in [3.05, 3.63) is 65.9 Å². The van der Waals surface area contributed by atoms with Gasteiger partial charge in [-0.1, -0.05) is 42.5 Å². The molecule has 0 saturated carbocycles. The number of aromatic nitrogens is 1. The SMILES string of the molecule is CN1CC=C(c2cccc(OCc3ccccc3)n2)CC1. The van der Waals surface area contributed by atoms with Gasteiger partial charge in [-0.3, -0.25) is 0 Å². The van der Waals surface area contributed by atoms with Gasteiger partial charge in [0.05, 0.1) is 5.69 Å². The van der Waals surface area contributed by atoms with Crippen LogP contribution in [-0.2, 0) is 6.61 Å². The van der Waals surface area contributed by atoms with Crippen LogP contribution < -0.4 is 4.74 Å². The van der Waals surface area contributed by atoms with Gasteiger partial charge in [-0.2, -0.15) is 0 Å². The van der Waals surface area contributed by atoms with Gasteiger partial charge < -0.3 is 9.64 Å². The van der Waals surface area contributed by atoms with E-state index in [4.69, 9.17) is 4.74 Å². The number of nitrogens with zero attached hydrogens (tertiary/aromatic N) is 2. The highest BCUT2D eigenvalue weighted by Gasteiger charge is 2.11. The lowest BCUT2D eigenvalue weighted by Crippen LogP contribution is -2.23. The van der Waals surface area contributed by atoms with E-state index >= 15 is 0 Å². The Bertz CT molecular complexity index is 622. The number of ether oxygens (including phenoxy) is 1. The average molecular weight is 280 g/mol. The minimum Gasteiger partial charge on any atom is -0.473 e. The molecule has 3 nitrogen and oxygen atoms in total. The van der Waals surface area contributed by atoms with Gasteiger partial charge in [-0.15, -0.1) is 0 Å². The Labute approximate surface area is 125 Å². The maximum absolute atomic E-state index is 5.80. The fourth-order valence-corrected chi connectivity index (χ4v) is 2.41. The molecule has 1 aliphatic heterocycles. The first-order valence-corrected chi connectivity index (χ1v) is 7.33. The predicted octanol–water partition coefficient (Wildman–Crippen LogP) is 3.38. The van der Waals surface area contributed by atoms with E-state index in [1.165, 1.54) is 5.57 Å². The van der Waals surface area contributed by atoms with Gasteiger partial charge >= 0.3 is 0 Å². The summed E-state index contributed by atoms with van der Waals surface area (Å²) in [4.78, 5) is 6.93. The summed E-state index contributed by atoms with van der Waals surface area (Å²) < 4.78 is 5.80. The van der Waals surface area contributed by atoms with Crippen LogP contribution in [0.3, 0.4) is 0 Å². The van der Waals surface area contributed by atoms with E-state index in [2.05, 4.69) is 41.2 Å². The number of benzene rings is 1. The first-order valence-electron chi connectivity index (χ1n) is 7.33.